The fourth-order valence-corrected chi connectivity index (χ4v) is 2.32. The summed E-state index contributed by atoms with van der Waals surface area (Å²) in [5.41, 5.74) is 3.19. The molecule has 0 heteroatoms. The SMILES string of the molecule is CCC(C)(CC(C)C)c1ccc(C)cc1. The van der Waals surface area contributed by atoms with Crippen LogP contribution in [0.4, 0.5) is 0 Å². The molecule has 0 N–H and O–H groups in total. The Kier molecular flexibility index (Phi) is 3.96. The van der Waals surface area contributed by atoms with Gasteiger partial charge < -0.3 is 0 Å². The van der Waals surface area contributed by atoms with Crippen LogP contribution in [-0.2, 0) is 5.41 Å². The van der Waals surface area contributed by atoms with Gasteiger partial charge in [-0.2, -0.15) is 0 Å². The maximum Gasteiger partial charge on any atom is -0.00754 e. The minimum absolute atomic E-state index is 0.349. The predicted octanol–water partition coefficient (Wildman–Crippen LogP) is 4.71. The van der Waals surface area contributed by atoms with Crippen molar-refractivity contribution in [2.75, 3.05) is 0 Å². The van der Waals surface area contributed by atoms with Gasteiger partial charge in [0.2, 0.25) is 0 Å². The summed E-state index contributed by atoms with van der Waals surface area (Å²) < 4.78 is 0. The molecule has 0 aliphatic heterocycles. The first-order valence-corrected chi connectivity index (χ1v) is 6.05. The van der Waals surface area contributed by atoms with Gasteiger partial charge in [0, 0.05) is 0 Å². The Morgan fingerprint density at radius 1 is 1.13 bits per heavy atom. The molecule has 15 heavy (non-hydrogen) atoms. The maximum atomic E-state index is 2.39. The third-order valence-electron chi connectivity index (χ3n) is 3.39. The Morgan fingerprint density at radius 3 is 2.07 bits per heavy atom. The fraction of sp³-hybridized carbons (Fsp3) is 0.600. The lowest BCUT2D eigenvalue weighted by atomic mass is 9.74. The molecule has 84 valence electrons. The van der Waals surface area contributed by atoms with E-state index in [1.165, 1.54) is 24.0 Å². The number of aryl methyl sites for hydroxylation is 1. The maximum absolute atomic E-state index is 2.39. The van der Waals surface area contributed by atoms with Gasteiger partial charge in [0.1, 0.15) is 0 Å². The van der Waals surface area contributed by atoms with Crippen molar-refractivity contribution < 1.29 is 0 Å². The summed E-state index contributed by atoms with van der Waals surface area (Å²) >= 11 is 0. The fourth-order valence-electron chi connectivity index (χ4n) is 2.32. The zero-order valence-electron chi connectivity index (χ0n) is 10.8. The van der Waals surface area contributed by atoms with Crippen LogP contribution in [0.3, 0.4) is 0 Å². The molecule has 1 unspecified atom stereocenters. The summed E-state index contributed by atoms with van der Waals surface area (Å²) in [7, 11) is 0. The molecule has 1 rings (SSSR count). The Labute approximate surface area is 94.7 Å². The molecule has 1 aromatic carbocycles. The lowest BCUT2D eigenvalue weighted by Gasteiger charge is -2.31. The van der Waals surface area contributed by atoms with Gasteiger partial charge in [-0.25, -0.2) is 0 Å². The molecular formula is C15H24. The molecule has 0 fully saturated rings. The van der Waals surface area contributed by atoms with Crippen LogP contribution < -0.4 is 0 Å². The summed E-state index contributed by atoms with van der Waals surface area (Å²) in [6.07, 6.45) is 2.49. The highest BCUT2D eigenvalue weighted by Crippen LogP contribution is 2.34. The van der Waals surface area contributed by atoms with E-state index in [-0.39, 0.29) is 0 Å². The van der Waals surface area contributed by atoms with Crippen LogP contribution in [0.5, 0.6) is 0 Å². The van der Waals surface area contributed by atoms with E-state index in [1.54, 1.807) is 0 Å². The lowest BCUT2D eigenvalue weighted by molar-refractivity contribution is 0.357. The van der Waals surface area contributed by atoms with Crippen LogP contribution in [0, 0.1) is 12.8 Å². The van der Waals surface area contributed by atoms with E-state index in [2.05, 4.69) is 58.9 Å². The van der Waals surface area contributed by atoms with Gasteiger partial charge >= 0.3 is 0 Å². The van der Waals surface area contributed by atoms with Gasteiger partial charge in [0.25, 0.3) is 0 Å². The summed E-state index contributed by atoms with van der Waals surface area (Å²) in [4.78, 5) is 0. The zero-order valence-corrected chi connectivity index (χ0v) is 10.8. The second-order valence-electron chi connectivity index (χ2n) is 5.38. The predicted molar refractivity (Wildman–Crippen MR) is 68.3 cm³/mol. The molecule has 0 amide bonds. The number of benzene rings is 1. The van der Waals surface area contributed by atoms with Crippen LogP contribution in [0.1, 0.15) is 51.7 Å². The highest BCUT2D eigenvalue weighted by Gasteiger charge is 2.25. The van der Waals surface area contributed by atoms with Crippen molar-refractivity contribution in [3.8, 4) is 0 Å². The molecule has 0 saturated heterocycles. The highest BCUT2D eigenvalue weighted by molar-refractivity contribution is 5.28. The second kappa shape index (κ2) is 4.83. The van der Waals surface area contributed by atoms with E-state index in [9.17, 15) is 0 Å². The van der Waals surface area contributed by atoms with Crippen molar-refractivity contribution in [3.63, 3.8) is 0 Å². The zero-order chi connectivity index (χ0) is 11.5. The quantitative estimate of drug-likeness (QED) is 0.666. The Bertz CT molecular complexity index is 294. The molecule has 0 bridgehead atoms. The minimum atomic E-state index is 0.349. The second-order valence-corrected chi connectivity index (χ2v) is 5.38. The molecule has 0 spiro atoms. The first-order valence-electron chi connectivity index (χ1n) is 6.05. The van der Waals surface area contributed by atoms with Crippen molar-refractivity contribution in [1.82, 2.24) is 0 Å². The van der Waals surface area contributed by atoms with Crippen LogP contribution in [0.15, 0.2) is 24.3 Å². The molecule has 0 radical (unpaired) electrons. The van der Waals surface area contributed by atoms with E-state index in [0.29, 0.717) is 5.41 Å². The third-order valence-corrected chi connectivity index (χ3v) is 3.39. The highest BCUT2D eigenvalue weighted by atomic mass is 14.3. The largest absolute Gasteiger partial charge is 0.0645 e. The van der Waals surface area contributed by atoms with Gasteiger partial charge in [-0.15, -0.1) is 0 Å². The molecule has 0 saturated carbocycles. The summed E-state index contributed by atoms with van der Waals surface area (Å²) in [6.45, 7) is 11.4. The number of hydrogen-bond donors (Lipinski definition) is 0. The van der Waals surface area contributed by atoms with Crippen LogP contribution in [-0.4, -0.2) is 0 Å². The summed E-state index contributed by atoms with van der Waals surface area (Å²) in [5, 5.41) is 0. The van der Waals surface area contributed by atoms with Crippen LogP contribution in [0.25, 0.3) is 0 Å². The molecule has 0 heterocycles. The van der Waals surface area contributed by atoms with Crippen molar-refractivity contribution in [3.05, 3.63) is 35.4 Å². The lowest BCUT2D eigenvalue weighted by Crippen LogP contribution is -2.23. The standard InChI is InChI=1S/C15H24/c1-6-15(5,11-12(2)3)14-9-7-13(4)8-10-14/h7-10,12H,6,11H2,1-5H3. The molecule has 0 aromatic heterocycles. The first-order chi connectivity index (χ1) is 6.98. The molecular weight excluding hydrogens is 180 g/mol. The molecule has 0 nitrogen and oxygen atoms in total. The average Bonchev–Trinajstić information content (AvgIpc) is 2.17. The van der Waals surface area contributed by atoms with E-state index in [1.807, 2.05) is 0 Å². The van der Waals surface area contributed by atoms with Gasteiger partial charge in [-0.3, -0.25) is 0 Å². The van der Waals surface area contributed by atoms with Gasteiger partial charge in [-0.05, 0) is 36.7 Å². The molecule has 1 aromatic rings. The van der Waals surface area contributed by atoms with E-state index >= 15 is 0 Å². The van der Waals surface area contributed by atoms with Crippen LogP contribution in [0.2, 0.25) is 0 Å². The van der Waals surface area contributed by atoms with Gasteiger partial charge in [-0.1, -0.05) is 57.5 Å². The molecule has 0 aliphatic carbocycles. The normalized spacial score (nSPS) is 15.3. The Morgan fingerprint density at radius 2 is 1.67 bits per heavy atom. The van der Waals surface area contributed by atoms with Crippen molar-refractivity contribution >= 4 is 0 Å². The topological polar surface area (TPSA) is 0 Å². The van der Waals surface area contributed by atoms with Crippen molar-refractivity contribution in [2.45, 2.75) is 52.9 Å². The Balaban J connectivity index is 2.95. The smallest absolute Gasteiger partial charge is 0.00754 e. The van der Waals surface area contributed by atoms with Gasteiger partial charge in [0.15, 0.2) is 0 Å². The monoisotopic (exact) mass is 204 g/mol. The Hall–Kier alpha value is -0.780. The number of hydrogen-bond acceptors (Lipinski definition) is 0. The number of rotatable bonds is 4. The van der Waals surface area contributed by atoms with E-state index in [4.69, 9.17) is 0 Å². The first kappa shape index (κ1) is 12.3. The molecule has 0 aliphatic rings. The van der Waals surface area contributed by atoms with Crippen LogP contribution >= 0.6 is 0 Å². The van der Waals surface area contributed by atoms with Crippen molar-refractivity contribution in [2.24, 2.45) is 5.92 Å². The van der Waals surface area contributed by atoms with E-state index in [0.717, 1.165) is 5.92 Å². The van der Waals surface area contributed by atoms with Gasteiger partial charge in [0.05, 0.1) is 0 Å². The minimum Gasteiger partial charge on any atom is -0.0645 e. The summed E-state index contributed by atoms with van der Waals surface area (Å²) in [5.74, 6) is 0.760. The van der Waals surface area contributed by atoms with E-state index < -0.39 is 0 Å². The van der Waals surface area contributed by atoms with Crippen molar-refractivity contribution in [1.29, 1.82) is 0 Å². The molecule has 1 atom stereocenters. The average molecular weight is 204 g/mol. The third kappa shape index (κ3) is 3.09. The summed E-state index contributed by atoms with van der Waals surface area (Å²) in [6, 6.07) is 9.04.